The fraction of sp³-hybridized carbons (Fsp3) is 0.318. The molecule has 3 aromatic rings. The third-order valence-corrected chi connectivity index (χ3v) is 7.81. The number of halogens is 1. The smallest absolute Gasteiger partial charge is 0.310 e. The molecule has 2 heterocycles. The Morgan fingerprint density at radius 1 is 1.23 bits per heavy atom. The molecule has 1 aliphatic carbocycles. The number of benzene rings is 1. The van der Waals surface area contributed by atoms with Gasteiger partial charge in [-0.05, 0) is 60.4 Å². The minimum atomic E-state index is -3.74. The van der Waals surface area contributed by atoms with E-state index in [0.29, 0.717) is 19.3 Å². The minimum absolute atomic E-state index is 0.0728. The molecule has 0 N–H and O–H groups in total. The summed E-state index contributed by atoms with van der Waals surface area (Å²) in [7, 11) is -0.802. The first-order chi connectivity index (χ1) is 14.3. The van der Waals surface area contributed by atoms with Crippen molar-refractivity contribution in [1.29, 1.82) is 0 Å². The maximum Gasteiger partial charge on any atom is 0.310 e. The molecule has 0 bridgehead atoms. The van der Waals surface area contributed by atoms with E-state index in [1.807, 2.05) is 28.8 Å². The number of esters is 1. The van der Waals surface area contributed by atoms with Crippen molar-refractivity contribution in [1.82, 2.24) is 8.71 Å². The molecule has 0 amide bonds. The van der Waals surface area contributed by atoms with Crippen LogP contribution in [0.25, 0.3) is 5.52 Å². The van der Waals surface area contributed by atoms with Crippen LogP contribution in [0.4, 0.5) is 4.39 Å². The van der Waals surface area contributed by atoms with Crippen molar-refractivity contribution in [2.75, 3.05) is 14.2 Å². The Bertz CT molecular complexity index is 1200. The van der Waals surface area contributed by atoms with Crippen molar-refractivity contribution >= 4 is 21.5 Å². The number of sulfonamides is 1. The van der Waals surface area contributed by atoms with Crippen LogP contribution >= 0.6 is 0 Å². The molecule has 0 fully saturated rings. The number of pyridine rings is 1. The van der Waals surface area contributed by atoms with Crippen LogP contribution < -0.4 is 0 Å². The number of ether oxygens (including phenoxy) is 1. The van der Waals surface area contributed by atoms with E-state index in [0.717, 1.165) is 34.5 Å². The molecule has 158 valence electrons. The van der Waals surface area contributed by atoms with Gasteiger partial charge in [-0.2, -0.15) is 4.31 Å². The van der Waals surface area contributed by atoms with Crippen LogP contribution in [0.5, 0.6) is 0 Å². The molecule has 1 aliphatic rings. The van der Waals surface area contributed by atoms with E-state index in [4.69, 9.17) is 4.74 Å². The number of methoxy groups -OCH3 is 1. The Morgan fingerprint density at radius 3 is 2.67 bits per heavy atom. The van der Waals surface area contributed by atoms with Gasteiger partial charge in [0, 0.05) is 36.9 Å². The zero-order chi connectivity index (χ0) is 21.5. The van der Waals surface area contributed by atoms with Crippen molar-refractivity contribution in [2.24, 2.45) is 0 Å². The molecule has 1 unspecified atom stereocenters. The summed E-state index contributed by atoms with van der Waals surface area (Å²) in [5.74, 6) is -0.774. The van der Waals surface area contributed by atoms with Crippen molar-refractivity contribution in [3.63, 3.8) is 0 Å². The summed E-state index contributed by atoms with van der Waals surface area (Å²) in [4.78, 5) is 12.0. The highest BCUT2D eigenvalue weighted by molar-refractivity contribution is 7.89. The van der Waals surface area contributed by atoms with E-state index in [1.54, 1.807) is 7.05 Å². The molecule has 0 saturated carbocycles. The third-order valence-electron chi connectivity index (χ3n) is 5.88. The lowest BCUT2D eigenvalue weighted by Gasteiger charge is -2.31. The summed E-state index contributed by atoms with van der Waals surface area (Å²) in [5.41, 5.74) is 4.00. The largest absolute Gasteiger partial charge is 0.469 e. The predicted molar refractivity (Wildman–Crippen MR) is 110 cm³/mol. The van der Waals surface area contributed by atoms with E-state index < -0.39 is 15.8 Å². The van der Waals surface area contributed by atoms with Crippen LogP contribution in [-0.2, 0) is 38.8 Å². The van der Waals surface area contributed by atoms with Gasteiger partial charge in [0.15, 0.2) is 0 Å². The highest BCUT2D eigenvalue weighted by Gasteiger charge is 2.33. The second kappa shape index (κ2) is 7.85. The summed E-state index contributed by atoms with van der Waals surface area (Å²) in [5, 5.41) is 0. The predicted octanol–water partition coefficient (Wildman–Crippen LogP) is 2.97. The van der Waals surface area contributed by atoms with E-state index in [9.17, 15) is 17.6 Å². The summed E-state index contributed by atoms with van der Waals surface area (Å²) < 4.78 is 47.6. The van der Waals surface area contributed by atoms with Crippen molar-refractivity contribution in [3.05, 3.63) is 71.3 Å². The lowest BCUT2D eigenvalue weighted by molar-refractivity contribution is -0.139. The van der Waals surface area contributed by atoms with Crippen molar-refractivity contribution in [2.45, 2.75) is 36.6 Å². The first-order valence-corrected chi connectivity index (χ1v) is 11.2. The number of hydrogen-bond donors (Lipinski definition) is 0. The molecule has 0 saturated heterocycles. The molecule has 2 aromatic heterocycles. The number of rotatable bonds is 5. The lowest BCUT2D eigenvalue weighted by Crippen LogP contribution is -2.40. The summed E-state index contributed by atoms with van der Waals surface area (Å²) in [6.45, 7) is 0. The number of likely N-dealkylation sites (N-methyl/N-ethyl adjacent to an activating group) is 1. The summed E-state index contributed by atoms with van der Waals surface area (Å²) in [6, 6.07) is 10.4. The number of carbonyl (C=O) groups is 1. The topological polar surface area (TPSA) is 68.1 Å². The molecular formula is C22H23FN2O4S. The third kappa shape index (κ3) is 3.50. The second-order valence-electron chi connectivity index (χ2n) is 7.48. The fourth-order valence-electron chi connectivity index (χ4n) is 4.24. The summed E-state index contributed by atoms with van der Waals surface area (Å²) in [6.07, 6.45) is 3.95. The molecule has 0 aliphatic heterocycles. The number of aromatic nitrogens is 1. The van der Waals surface area contributed by atoms with Gasteiger partial charge in [-0.1, -0.05) is 6.07 Å². The van der Waals surface area contributed by atoms with Crippen molar-refractivity contribution < 1.29 is 22.3 Å². The zero-order valence-electron chi connectivity index (χ0n) is 16.8. The monoisotopic (exact) mass is 430 g/mol. The highest BCUT2D eigenvalue weighted by atomic mass is 32.2. The van der Waals surface area contributed by atoms with Gasteiger partial charge < -0.3 is 9.14 Å². The average Bonchev–Trinajstić information content (AvgIpc) is 3.06. The van der Waals surface area contributed by atoms with Gasteiger partial charge in [0.25, 0.3) is 0 Å². The van der Waals surface area contributed by atoms with Crippen LogP contribution in [0.15, 0.2) is 53.6 Å². The fourth-order valence-corrected chi connectivity index (χ4v) is 5.63. The second-order valence-corrected chi connectivity index (χ2v) is 9.48. The molecule has 8 heteroatoms. The van der Waals surface area contributed by atoms with Crippen molar-refractivity contribution in [3.8, 4) is 0 Å². The molecule has 30 heavy (non-hydrogen) atoms. The van der Waals surface area contributed by atoms with Crippen LogP contribution in [0.3, 0.4) is 0 Å². The number of nitrogens with zero attached hydrogens (tertiary/aromatic N) is 2. The summed E-state index contributed by atoms with van der Waals surface area (Å²) >= 11 is 0. The van der Waals surface area contributed by atoms with Gasteiger partial charge in [-0.3, -0.25) is 4.79 Å². The number of fused-ring (bicyclic) bond motifs is 3. The molecule has 0 radical (unpaired) electrons. The van der Waals surface area contributed by atoms with Gasteiger partial charge in [0.2, 0.25) is 10.0 Å². The molecule has 0 spiro atoms. The zero-order valence-corrected chi connectivity index (χ0v) is 17.7. The Balaban J connectivity index is 1.69. The highest BCUT2D eigenvalue weighted by Crippen LogP contribution is 2.33. The minimum Gasteiger partial charge on any atom is -0.469 e. The average molecular weight is 431 g/mol. The van der Waals surface area contributed by atoms with Crippen LogP contribution in [0.1, 0.15) is 23.2 Å². The van der Waals surface area contributed by atoms with Crippen LogP contribution in [0.2, 0.25) is 0 Å². The van der Waals surface area contributed by atoms with E-state index in [-0.39, 0.29) is 23.3 Å². The first-order valence-electron chi connectivity index (χ1n) is 9.73. The Morgan fingerprint density at radius 2 is 1.97 bits per heavy atom. The molecular weight excluding hydrogens is 407 g/mol. The van der Waals surface area contributed by atoms with Gasteiger partial charge >= 0.3 is 5.97 Å². The number of carbonyl (C=O) groups excluding carboxylic acids is 1. The maximum absolute atomic E-state index is 13.2. The van der Waals surface area contributed by atoms with Gasteiger partial charge in [-0.25, -0.2) is 12.8 Å². The Kier molecular flexibility index (Phi) is 5.38. The van der Waals surface area contributed by atoms with Crippen LogP contribution in [0, 0.1) is 5.82 Å². The maximum atomic E-state index is 13.2. The lowest BCUT2D eigenvalue weighted by atomic mass is 9.90. The first kappa shape index (κ1) is 20.6. The van der Waals surface area contributed by atoms with Gasteiger partial charge in [0.05, 0.1) is 18.4 Å². The standard InChI is InChI=1S/C22H23FN2O4S/c1-24(30(27,28)17-9-6-15(23)7-10-17)16-8-11-18-19(14-22(26)29-2)20-5-3-4-12-25(20)21(18)13-16/h3-7,9-10,12,16H,8,11,13-14H2,1-2H3. The van der Waals surface area contributed by atoms with E-state index >= 15 is 0 Å². The van der Waals surface area contributed by atoms with E-state index in [1.165, 1.54) is 23.5 Å². The quantitative estimate of drug-likeness (QED) is 0.584. The molecule has 1 aromatic carbocycles. The molecule has 1 atom stereocenters. The Labute approximate surface area is 174 Å². The van der Waals surface area contributed by atoms with Crippen LogP contribution in [-0.4, -0.2) is 43.3 Å². The molecule has 6 nitrogen and oxygen atoms in total. The molecule has 4 rings (SSSR count). The van der Waals surface area contributed by atoms with E-state index in [2.05, 4.69) is 0 Å². The van der Waals surface area contributed by atoms with Gasteiger partial charge in [0.1, 0.15) is 5.82 Å². The Hall–Kier alpha value is -2.71. The SMILES string of the molecule is COC(=O)Cc1c2c(n3ccccc13)CC(N(C)S(=O)(=O)c1ccc(F)cc1)CC2. The normalized spacial score (nSPS) is 16.6. The van der Waals surface area contributed by atoms with Gasteiger partial charge in [-0.15, -0.1) is 0 Å². The number of hydrogen-bond acceptors (Lipinski definition) is 4.